The van der Waals surface area contributed by atoms with Gasteiger partial charge in [0.1, 0.15) is 5.69 Å². The lowest BCUT2D eigenvalue weighted by atomic mass is 10.3. The minimum Gasteiger partial charge on any atom is -0.385 e. The van der Waals surface area contributed by atoms with Crippen molar-refractivity contribution in [3.63, 3.8) is 0 Å². The van der Waals surface area contributed by atoms with Crippen molar-refractivity contribution in [2.75, 3.05) is 12.3 Å². The Morgan fingerprint density at radius 3 is 2.76 bits per heavy atom. The molecule has 0 unspecified atom stereocenters. The summed E-state index contributed by atoms with van der Waals surface area (Å²) >= 11 is 3.46. The van der Waals surface area contributed by atoms with Gasteiger partial charge in [-0.15, -0.1) is 22.7 Å². The average molecular weight is 393 g/mol. The summed E-state index contributed by atoms with van der Waals surface area (Å²) in [4.78, 5) is 36.6. The Balaban J connectivity index is 1.83. The largest absolute Gasteiger partial charge is 0.385 e. The van der Waals surface area contributed by atoms with Gasteiger partial charge in [0.05, 0.1) is 10.2 Å². The van der Waals surface area contributed by atoms with Gasteiger partial charge in [-0.2, -0.15) is 0 Å². The van der Waals surface area contributed by atoms with Crippen molar-refractivity contribution < 1.29 is 14.4 Å². The number of nitrogen functional groups attached to an aromatic ring is 1. The van der Waals surface area contributed by atoms with Crippen LogP contribution in [0.5, 0.6) is 0 Å². The minimum absolute atomic E-state index is 0.0570. The quantitative estimate of drug-likeness (QED) is 0.371. The first-order valence-corrected chi connectivity index (χ1v) is 9.31. The Labute approximate surface area is 153 Å². The van der Waals surface area contributed by atoms with E-state index in [4.69, 9.17) is 16.3 Å². The molecule has 0 radical (unpaired) electrons. The summed E-state index contributed by atoms with van der Waals surface area (Å²) < 4.78 is 1.54. The van der Waals surface area contributed by atoms with E-state index in [9.17, 15) is 9.59 Å². The summed E-state index contributed by atoms with van der Waals surface area (Å²) in [6.45, 7) is -0.442. The molecule has 0 fully saturated rings. The highest BCUT2D eigenvalue weighted by molar-refractivity contribution is 8.16. The molecule has 128 valence electrons. The number of hydrogen-bond donors (Lipinski definition) is 2. The lowest BCUT2D eigenvalue weighted by molar-refractivity contribution is -0.122. The van der Waals surface area contributed by atoms with Gasteiger partial charge in [-0.05, 0) is 23.9 Å². The van der Waals surface area contributed by atoms with Gasteiger partial charge in [0.15, 0.2) is 21.8 Å². The van der Waals surface area contributed by atoms with Gasteiger partial charge in [0.25, 0.3) is 5.91 Å². The zero-order chi connectivity index (χ0) is 17.8. The molecule has 2 aromatic heterocycles. The van der Waals surface area contributed by atoms with Crippen LogP contribution < -0.4 is 11.5 Å². The summed E-state index contributed by atoms with van der Waals surface area (Å²) in [6.07, 6.45) is 0. The van der Waals surface area contributed by atoms with Crippen LogP contribution in [0.2, 0.25) is 0 Å². The van der Waals surface area contributed by atoms with Gasteiger partial charge < -0.3 is 16.3 Å². The molecular weight excluding hydrogens is 382 g/mol. The molecule has 0 saturated carbocycles. The Bertz CT molecular complexity index is 932. The molecule has 3 aromatic rings. The van der Waals surface area contributed by atoms with Crippen LogP contribution in [0, 0.1) is 0 Å². The number of thioether (sulfide) groups is 1. The molecule has 1 aromatic carbocycles. The number of nitrogens with two attached hydrogens (primary N) is 2. The maximum Gasteiger partial charge on any atom is 0.258 e. The molecule has 0 spiro atoms. The molecule has 2 heterocycles. The van der Waals surface area contributed by atoms with Crippen LogP contribution in [0.1, 0.15) is 5.69 Å². The van der Waals surface area contributed by atoms with E-state index in [-0.39, 0.29) is 16.5 Å². The Morgan fingerprint density at radius 2 is 2.08 bits per heavy atom. The van der Waals surface area contributed by atoms with Gasteiger partial charge >= 0.3 is 0 Å². The molecule has 3 rings (SSSR count). The van der Waals surface area contributed by atoms with Crippen LogP contribution in [0.25, 0.3) is 10.2 Å². The number of rotatable bonds is 6. The smallest absolute Gasteiger partial charge is 0.258 e. The van der Waals surface area contributed by atoms with Gasteiger partial charge in [0.2, 0.25) is 5.12 Å². The minimum atomic E-state index is -0.702. The summed E-state index contributed by atoms with van der Waals surface area (Å²) in [6, 6.07) is 7.57. The third-order valence-corrected chi connectivity index (χ3v) is 5.42. The number of carbonyl (C=O) groups is 2. The normalized spacial score (nSPS) is 11.6. The standard InChI is InChI=1S/C14H11N5O3S3/c15-10(20)5-22-19-11(8-6-23-13(16)17-8)12(21)25-14-18-7-3-1-2-4-9(7)24-14/h1-4,6H,5H2,(H2,15,20)(H2,16,17). The summed E-state index contributed by atoms with van der Waals surface area (Å²) in [7, 11) is 0. The van der Waals surface area contributed by atoms with Crippen molar-refractivity contribution in [3.8, 4) is 0 Å². The third kappa shape index (κ3) is 4.32. The second-order valence-corrected chi connectivity index (χ2v) is 7.73. The predicted molar refractivity (Wildman–Crippen MR) is 98.7 cm³/mol. The highest BCUT2D eigenvalue weighted by Crippen LogP contribution is 2.30. The Kier molecular flexibility index (Phi) is 5.26. The van der Waals surface area contributed by atoms with Crippen molar-refractivity contribution in [3.05, 3.63) is 35.3 Å². The fraction of sp³-hybridized carbons (Fsp3) is 0.0714. The van der Waals surface area contributed by atoms with Crippen LogP contribution in [-0.4, -0.2) is 33.3 Å². The van der Waals surface area contributed by atoms with Crippen molar-refractivity contribution in [1.82, 2.24) is 9.97 Å². The van der Waals surface area contributed by atoms with E-state index >= 15 is 0 Å². The van der Waals surface area contributed by atoms with Crippen molar-refractivity contribution in [1.29, 1.82) is 0 Å². The van der Waals surface area contributed by atoms with Gasteiger partial charge in [-0.1, -0.05) is 17.3 Å². The number of para-hydroxylation sites is 1. The van der Waals surface area contributed by atoms with Crippen LogP contribution >= 0.6 is 34.4 Å². The predicted octanol–water partition coefficient (Wildman–Crippen LogP) is 1.86. The zero-order valence-corrected chi connectivity index (χ0v) is 15.0. The van der Waals surface area contributed by atoms with Crippen molar-refractivity contribution in [2.45, 2.75) is 4.34 Å². The van der Waals surface area contributed by atoms with Crippen LogP contribution in [0.15, 0.2) is 39.1 Å². The second kappa shape index (κ2) is 7.59. The molecule has 0 bridgehead atoms. The van der Waals surface area contributed by atoms with Gasteiger partial charge in [0, 0.05) is 5.38 Å². The van der Waals surface area contributed by atoms with E-state index in [2.05, 4.69) is 15.1 Å². The third-order valence-electron chi connectivity index (χ3n) is 2.77. The maximum atomic E-state index is 12.6. The summed E-state index contributed by atoms with van der Waals surface area (Å²) in [5.74, 6) is -0.702. The monoisotopic (exact) mass is 393 g/mol. The number of thiazole rings is 2. The average Bonchev–Trinajstić information content (AvgIpc) is 3.16. The van der Waals surface area contributed by atoms with E-state index in [0.29, 0.717) is 4.34 Å². The summed E-state index contributed by atoms with van der Waals surface area (Å²) in [5, 5.41) is 5.16. The fourth-order valence-corrected chi connectivity index (χ4v) is 4.22. The molecular formula is C14H11N5O3S3. The van der Waals surface area contributed by atoms with Crippen LogP contribution in [-0.2, 0) is 14.4 Å². The first-order valence-electron chi connectivity index (χ1n) is 6.80. The SMILES string of the molecule is NC(=O)CON=C(C(=O)Sc1nc2ccccc2s1)c1csc(N)n1. The molecule has 0 atom stereocenters. The Hall–Kier alpha value is -2.50. The number of fused-ring (bicyclic) bond motifs is 1. The van der Waals surface area contributed by atoms with E-state index in [1.165, 1.54) is 11.3 Å². The molecule has 0 saturated heterocycles. The molecule has 0 aliphatic carbocycles. The number of nitrogens with zero attached hydrogens (tertiary/aromatic N) is 3. The number of oxime groups is 1. The molecule has 11 heteroatoms. The van der Waals surface area contributed by atoms with E-state index in [1.807, 2.05) is 24.3 Å². The highest BCUT2D eigenvalue weighted by Gasteiger charge is 2.21. The number of primary amides is 1. The van der Waals surface area contributed by atoms with E-state index in [0.717, 1.165) is 33.3 Å². The number of carbonyl (C=O) groups excluding carboxylic acids is 2. The summed E-state index contributed by atoms with van der Waals surface area (Å²) in [5.41, 5.74) is 11.6. The van der Waals surface area contributed by atoms with Gasteiger partial charge in [-0.25, -0.2) is 9.97 Å². The molecule has 25 heavy (non-hydrogen) atoms. The first-order chi connectivity index (χ1) is 12.0. The first kappa shape index (κ1) is 17.3. The number of anilines is 1. The fourth-order valence-electron chi connectivity index (χ4n) is 1.77. The Morgan fingerprint density at radius 1 is 1.28 bits per heavy atom. The van der Waals surface area contributed by atoms with Crippen molar-refractivity contribution in [2.24, 2.45) is 10.9 Å². The van der Waals surface area contributed by atoms with Crippen LogP contribution in [0.3, 0.4) is 0 Å². The topological polar surface area (TPSA) is 134 Å². The number of hydrogen-bond acceptors (Lipinski definition) is 10. The van der Waals surface area contributed by atoms with Gasteiger partial charge in [-0.3, -0.25) is 9.59 Å². The zero-order valence-electron chi connectivity index (χ0n) is 12.5. The number of benzene rings is 1. The van der Waals surface area contributed by atoms with Crippen LogP contribution in [0.4, 0.5) is 5.13 Å². The molecule has 1 amide bonds. The van der Waals surface area contributed by atoms with E-state index < -0.39 is 17.6 Å². The van der Waals surface area contributed by atoms with E-state index in [1.54, 1.807) is 5.38 Å². The number of amides is 1. The molecule has 8 nitrogen and oxygen atoms in total. The lowest BCUT2D eigenvalue weighted by Crippen LogP contribution is -2.19. The molecule has 4 N–H and O–H groups in total. The van der Waals surface area contributed by atoms with Crippen molar-refractivity contribution >= 4 is 66.5 Å². The number of aromatic nitrogens is 2. The molecule has 0 aliphatic rings. The highest BCUT2D eigenvalue weighted by atomic mass is 32.2. The second-order valence-electron chi connectivity index (χ2n) is 4.59. The lowest BCUT2D eigenvalue weighted by Gasteiger charge is -2.01. The molecule has 0 aliphatic heterocycles. The maximum absolute atomic E-state index is 12.6.